The first-order valence-electron chi connectivity index (χ1n) is 11.5. The molecular weight excluding hydrogens is 605 g/mol. The van der Waals surface area contributed by atoms with Crippen molar-refractivity contribution in [3.8, 4) is 5.75 Å². The van der Waals surface area contributed by atoms with Crippen LogP contribution in [0.2, 0.25) is 0 Å². The number of nitrogens with zero attached hydrogens (tertiary/aromatic N) is 2. The number of methoxy groups -OCH3 is 1. The van der Waals surface area contributed by atoms with Gasteiger partial charge in [-0.2, -0.15) is 0 Å². The zero-order valence-electron chi connectivity index (χ0n) is 20.9. The van der Waals surface area contributed by atoms with Crippen LogP contribution in [-0.4, -0.2) is 58.1 Å². The second kappa shape index (κ2) is 12.9. The number of anilines is 1. The molecule has 37 heavy (non-hydrogen) atoms. The molecule has 0 bridgehead atoms. The van der Waals surface area contributed by atoms with E-state index in [-0.39, 0.29) is 18.9 Å². The third kappa shape index (κ3) is 7.93. The minimum Gasteiger partial charge on any atom is -0.497 e. The van der Waals surface area contributed by atoms with Crippen LogP contribution in [-0.2, 0) is 32.6 Å². The van der Waals surface area contributed by atoms with E-state index >= 15 is 0 Å². The number of amides is 2. The van der Waals surface area contributed by atoms with Gasteiger partial charge in [-0.15, -0.1) is 0 Å². The Labute approximate surface area is 231 Å². The molecule has 0 spiro atoms. The van der Waals surface area contributed by atoms with Crippen LogP contribution in [0.15, 0.2) is 78.9 Å². The lowest BCUT2D eigenvalue weighted by molar-refractivity contribution is -0.139. The Kier molecular flexibility index (Phi) is 9.93. The van der Waals surface area contributed by atoms with Gasteiger partial charge in [-0.05, 0) is 70.1 Å². The molecule has 0 aliphatic rings. The Bertz CT molecular complexity index is 1320. The molecule has 0 fully saturated rings. The molecule has 0 aliphatic heterocycles. The first-order valence-corrected chi connectivity index (χ1v) is 14.5. The van der Waals surface area contributed by atoms with E-state index in [1.165, 1.54) is 11.9 Å². The van der Waals surface area contributed by atoms with Crippen LogP contribution in [0.1, 0.15) is 11.1 Å². The standard InChI is InChI=1S/C27H30IN3O5S/c1-29-27(33)25(17-20-8-5-4-6-9-20)30(18-21-10-7-11-24(16-21)36-2)26(32)19-31(37(3,34)35)23-14-12-22(28)13-15-23/h4-16,25H,17-19H2,1-3H3,(H,29,33)/t25-/m0/s1. The van der Waals surface area contributed by atoms with Crippen LogP contribution in [0.4, 0.5) is 5.69 Å². The first kappa shape index (κ1) is 28.5. The summed E-state index contributed by atoms with van der Waals surface area (Å²) in [5.74, 6) is -0.238. The van der Waals surface area contributed by atoms with Gasteiger partial charge >= 0.3 is 0 Å². The first-order chi connectivity index (χ1) is 17.6. The van der Waals surface area contributed by atoms with Crippen molar-refractivity contribution in [3.63, 3.8) is 0 Å². The summed E-state index contributed by atoms with van der Waals surface area (Å²) >= 11 is 2.13. The molecule has 3 aromatic carbocycles. The molecule has 10 heteroatoms. The van der Waals surface area contributed by atoms with Gasteiger partial charge in [-0.3, -0.25) is 13.9 Å². The van der Waals surface area contributed by atoms with Crippen molar-refractivity contribution in [3.05, 3.63) is 93.6 Å². The third-order valence-electron chi connectivity index (χ3n) is 5.80. The van der Waals surface area contributed by atoms with Crippen molar-refractivity contribution in [1.29, 1.82) is 0 Å². The molecule has 196 valence electrons. The number of carbonyl (C=O) groups is 2. The number of likely N-dealkylation sites (N-methyl/N-ethyl adjacent to an activating group) is 1. The van der Waals surface area contributed by atoms with Crippen molar-refractivity contribution >= 4 is 50.1 Å². The lowest BCUT2D eigenvalue weighted by Gasteiger charge is -2.33. The van der Waals surface area contributed by atoms with Crippen LogP contribution < -0.4 is 14.4 Å². The van der Waals surface area contributed by atoms with E-state index in [1.807, 2.05) is 36.4 Å². The fourth-order valence-corrected chi connectivity index (χ4v) is 5.12. The van der Waals surface area contributed by atoms with Gasteiger partial charge in [-0.1, -0.05) is 42.5 Å². The van der Waals surface area contributed by atoms with Crippen molar-refractivity contribution in [2.24, 2.45) is 0 Å². The maximum atomic E-state index is 13.9. The van der Waals surface area contributed by atoms with Gasteiger partial charge < -0.3 is 15.0 Å². The average molecular weight is 636 g/mol. The highest BCUT2D eigenvalue weighted by Crippen LogP contribution is 2.22. The maximum Gasteiger partial charge on any atom is 0.244 e. The molecule has 0 unspecified atom stereocenters. The van der Waals surface area contributed by atoms with E-state index in [0.717, 1.165) is 25.3 Å². The number of rotatable bonds is 11. The number of sulfonamides is 1. The van der Waals surface area contributed by atoms with Gasteiger partial charge in [-0.25, -0.2) is 8.42 Å². The minimum absolute atomic E-state index is 0.0885. The minimum atomic E-state index is -3.79. The van der Waals surface area contributed by atoms with Gasteiger partial charge in [0.15, 0.2) is 0 Å². The predicted octanol–water partition coefficient (Wildman–Crippen LogP) is 3.45. The number of ether oxygens (including phenoxy) is 1. The fourth-order valence-electron chi connectivity index (χ4n) is 3.91. The number of carbonyl (C=O) groups excluding carboxylic acids is 2. The van der Waals surface area contributed by atoms with Crippen LogP contribution >= 0.6 is 22.6 Å². The molecule has 0 aromatic heterocycles. The van der Waals surface area contributed by atoms with E-state index in [2.05, 4.69) is 27.9 Å². The number of benzene rings is 3. The van der Waals surface area contributed by atoms with Crippen LogP contribution in [0.3, 0.4) is 0 Å². The summed E-state index contributed by atoms with van der Waals surface area (Å²) in [6.45, 7) is -0.364. The summed E-state index contributed by atoms with van der Waals surface area (Å²) in [5, 5.41) is 2.66. The third-order valence-corrected chi connectivity index (χ3v) is 7.66. The summed E-state index contributed by atoms with van der Waals surface area (Å²) in [4.78, 5) is 28.4. The largest absolute Gasteiger partial charge is 0.497 e. The Morgan fingerprint density at radius 2 is 1.62 bits per heavy atom. The second-order valence-electron chi connectivity index (χ2n) is 8.44. The van der Waals surface area contributed by atoms with Crippen molar-refractivity contribution in [1.82, 2.24) is 10.2 Å². The number of hydrogen-bond acceptors (Lipinski definition) is 5. The Morgan fingerprint density at radius 1 is 0.973 bits per heavy atom. The number of halogens is 1. The smallest absolute Gasteiger partial charge is 0.244 e. The topological polar surface area (TPSA) is 96.0 Å². The molecule has 3 aromatic rings. The summed E-state index contributed by atoms with van der Waals surface area (Å²) < 4.78 is 32.8. The molecular formula is C27H30IN3O5S. The summed E-state index contributed by atoms with van der Waals surface area (Å²) in [6, 6.07) is 22.6. The maximum absolute atomic E-state index is 13.9. The molecule has 0 saturated heterocycles. The molecule has 0 aliphatic carbocycles. The van der Waals surface area contributed by atoms with Crippen LogP contribution in [0.25, 0.3) is 0 Å². The lowest BCUT2D eigenvalue weighted by Crippen LogP contribution is -2.52. The van der Waals surface area contributed by atoms with Gasteiger partial charge in [0.1, 0.15) is 18.3 Å². The molecule has 3 rings (SSSR count). The van der Waals surface area contributed by atoms with E-state index in [1.54, 1.807) is 49.6 Å². The van der Waals surface area contributed by atoms with Crippen molar-refractivity contribution in [2.75, 3.05) is 31.3 Å². The number of nitrogens with one attached hydrogen (secondary N) is 1. The monoisotopic (exact) mass is 635 g/mol. The average Bonchev–Trinajstić information content (AvgIpc) is 2.89. The van der Waals surface area contributed by atoms with Gasteiger partial charge in [0.2, 0.25) is 21.8 Å². The van der Waals surface area contributed by atoms with E-state index < -0.39 is 28.5 Å². The molecule has 8 nitrogen and oxygen atoms in total. The van der Waals surface area contributed by atoms with E-state index in [0.29, 0.717) is 11.4 Å². The van der Waals surface area contributed by atoms with Crippen LogP contribution in [0.5, 0.6) is 5.75 Å². The normalized spacial score (nSPS) is 11.9. The van der Waals surface area contributed by atoms with E-state index in [9.17, 15) is 18.0 Å². The highest BCUT2D eigenvalue weighted by Gasteiger charge is 2.32. The van der Waals surface area contributed by atoms with Gasteiger partial charge in [0.05, 0.1) is 19.1 Å². The zero-order valence-corrected chi connectivity index (χ0v) is 23.9. The quantitative estimate of drug-likeness (QED) is 0.326. The molecule has 0 radical (unpaired) electrons. The predicted molar refractivity (Wildman–Crippen MR) is 153 cm³/mol. The molecule has 2 amide bonds. The molecule has 1 N–H and O–H groups in total. The Hall–Kier alpha value is -3.12. The van der Waals surface area contributed by atoms with E-state index in [4.69, 9.17) is 4.74 Å². The van der Waals surface area contributed by atoms with Crippen molar-refractivity contribution in [2.45, 2.75) is 19.0 Å². The summed E-state index contributed by atoms with van der Waals surface area (Å²) in [7, 11) is -0.722. The Morgan fingerprint density at radius 3 is 2.22 bits per heavy atom. The molecule has 0 saturated carbocycles. The SMILES string of the molecule is CNC(=O)[C@H](Cc1ccccc1)N(Cc1cccc(OC)c1)C(=O)CN(c1ccc(I)cc1)S(C)(=O)=O. The highest BCUT2D eigenvalue weighted by atomic mass is 127. The summed E-state index contributed by atoms with van der Waals surface area (Å²) in [6.07, 6.45) is 1.32. The van der Waals surface area contributed by atoms with Crippen molar-refractivity contribution < 1.29 is 22.7 Å². The lowest BCUT2D eigenvalue weighted by atomic mass is 10.0. The highest BCUT2D eigenvalue weighted by molar-refractivity contribution is 14.1. The second-order valence-corrected chi connectivity index (χ2v) is 11.6. The zero-order chi connectivity index (χ0) is 27.0. The summed E-state index contributed by atoms with van der Waals surface area (Å²) in [5.41, 5.74) is 1.99. The molecule has 0 heterocycles. The molecule has 1 atom stereocenters. The Balaban J connectivity index is 2.02. The van der Waals surface area contributed by atoms with Crippen LogP contribution in [0, 0.1) is 3.57 Å². The van der Waals surface area contributed by atoms with Gasteiger partial charge in [0, 0.05) is 23.6 Å². The van der Waals surface area contributed by atoms with Gasteiger partial charge in [0.25, 0.3) is 0 Å². The fraction of sp³-hybridized carbons (Fsp3) is 0.259. The number of hydrogen-bond donors (Lipinski definition) is 1.